The number of ether oxygens (including phenoxy) is 1. The third-order valence-electron chi connectivity index (χ3n) is 4.51. The number of rotatable bonds is 5. The molecule has 2 aromatic heterocycles. The van der Waals surface area contributed by atoms with Crippen LogP contribution in [0.5, 0.6) is 0 Å². The Morgan fingerprint density at radius 2 is 2.16 bits per heavy atom. The van der Waals surface area contributed by atoms with Gasteiger partial charge in [0.2, 0.25) is 0 Å². The lowest BCUT2D eigenvalue weighted by atomic mass is 9.93. The Kier molecular flexibility index (Phi) is 5.16. The molecule has 2 heterocycles. The minimum Gasteiger partial charge on any atom is -0.462 e. The van der Waals surface area contributed by atoms with Crippen LogP contribution in [0.1, 0.15) is 49.9 Å². The number of anilines is 1. The third-order valence-corrected chi connectivity index (χ3v) is 4.51. The Morgan fingerprint density at radius 1 is 1.40 bits per heavy atom. The second-order valence-corrected chi connectivity index (χ2v) is 6.05. The van der Waals surface area contributed by atoms with Gasteiger partial charge in [0.1, 0.15) is 5.56 Å². The largest absolute Gasteiger partial charge is 0.462 e. The summed E-state index contributed by atoms with van der Waals surface area (Å²) in [6.45, 7) is 4.79. The van der Waals surface area contributed by atoms with Gasteiger partial charge in [-0.1, -0.05) is 5.16 Å². The predicted molar refractivity (Wildman–Crippen MR) is 94.3 cm³/mol. The number of hydrogen-bond acceptors (Lipinski definition) is 7. The highest BCUT2D eigenvalue weighted by atomic mass is 16.5. The molecule has 1 fully saturated rings. The molecule has 2 aromatic rings. The molecule has 0 atom stereocenters. The summed E-state index contributed by atoms with van der Waals surface area (Å²) in [6.07, 6.45) is 6.46. The van der Waals surface area contributed by atoms with Crippen LogP contribution in [0.2, 0.25) is 0 Å². The number of oxime groups is 1. The Labute approximate surface area is 145 Å². The van der Waals surface area contributed by atoms with Crippen molar-refractivity contribution in [3.8, 4) is 0 Å². The number of nitrogens with zero attached hydrogens (tertiary/aromatic N) is 4. The first-order chi connectivity index (χ1) is 12.2. The van der Waals surface area contributed by atoms with Crippen molar-refractivity contribution in [1.82, 2.24) is 14.8 Å². The van der Waals surface area contributed by atoms with Crippen molar-refractivity contribution in [2.45, 2.75) is 52.1 Å². The molecule has 0 unspecified atom stereocenters. The number of nitrogens with one attached hydrogen (secondary N) is 1. The maximum absolute atomic E-state index is 12.3. The number of hydrogen-bond donors (Lipinski definition) is 2. The predicted octanol–water partition coefficient (Wildman–Crippen LogP) is 2.81. The Morgan fingerprint density at radius 3 is 2.80 bits per heavy atom. The molecule has 0 amide bonds. The van der Waals surface area contributed by atoms with Gasteiger partial charge in [-0.2, -0.15) is 5.10 Å². The quantitative estimate of drug-likeness (QED) is 0.491. The summed E-state index contributed by atoms with van der Waals surface area (Å²) in [5.74, 6) is -0.392. The zero-order chi connectivity index (χ0) is 17.8. The van der Waals surface area contributed by atoms with E-state index >= 15 is 0 Å². The van der Waals surface area contributed by atoms with Crippen molar-refractivity contribution in [2.24, 2.45) is 5.16 Å². The van der Waals surface area contributed by atoms with E-state index in [1.807, 2.05) is 6.92 Å². The molecule has 134 valence electrons. The zero-order valence-corrected chi connectivity index (χ0v) is 14.5. The highest BCUT2D eigenvalue weighted by molar-refractivity contribution is 6.04. The van der Waals surface area contributed by atoms with Gasteiger partial charge >= 0.3 is 5.97 Å². The Bertz CT molecular complexity index is 789. The van der Waals surface area contributed by atoms with Gasteiger partial charge < -0.3 is 15.3 Å². The SMILES string of the molecule is CCOC(=O)c1cnc2c(cnn2CC)c1NC1CCC(=NO)CC1. The average molecular weight is 345 g/mol. The molecule has 3 rings (SSSR count). The van der Waals surface area contributed by atoms with Crippen molar-refractivity contribution in [2.75, 3.05) is 11.9 Å². The molecule has 1 aliphatic rings. The van der Waals surface area contributed by atoms with Crippen molar-refractivity contribution >= 4 is 28.4 Å². The van der Waals surface area contributed by atoms with Gasteiger partial charge in [0.25, 0.3) is 0 Å². The van der Waals surface area contributed by atoms with Crippen molar-refractivity contribution in [3.63, 3.8) is 0 Å². The number of carbonyl (C=O) groups excluding carboxylic acids is 1. The second kappa shape index (κ2) is 7.50. The maximum Gasteiger partial charge on any atom is 0.341 e. The van der Waals surface area contributed by atoms with Gasteiger partial charge in [-0.25, -0.2) is 14.5 Å². The van der Waals surface area contributed by atoms with E-state index < -0.39 is 5.97 Å². The molecule has 0 aromatic carbocycles. The summed E-state index contributed by atoms with van der Waals surface area (Å²) >= 11 is 0. The molecular formula is C17H23N5O3. The molecule has 8 nitrogen and oxygen atoms in total. The molecule has 8 heteroatoms. The lowest BCUT2D eigenvalue weighted by Crippen LogP contribution is -2.27. The zero-order valence-electron chi connectivity index (χ0n) is 14.5. The summed E-state index contributed by atoms with van der Waals surface area (Å²) in [6, 6.07) is 0.189. The summed E-state index contributed by atoms with van der Waals surface area (Å²) in [4.78, 5) is 16.7. The number of pyridine rings is 1. The molecule has 2 N–H and O–H groups in total. The fraction of sp³-hybridized carbons (Fsp3) is 0.529. The van der Waals surface area contributed by atoms with Gasteiger partial charge in [-0.15, -0.1) is 0 Å². The molecular weight excluding hydrogens is 322 g/mol. The highest BCUT2D eigenvalue weighted by Gasteiger charge is 2.23. The van der Waals surface area contributed by atoms with E-state index in [1.54, 1.807) is 24.0 Å². The van der Waals surface area contributed by atoms with Gasteiger partial charge in [0, 0.05) is 18.8 Å². The number of aromatic nitrogens is 3. The third kappa shape index (κ3) is 3.42. The fourth-order valence-corrected chi connectivity index (χ4v) is 3.18. The van der Waals surface area contributed by atoms with E-state index in [-0.39, 0.29) is 6.04 Å². The van der Waals surface area contributed by atoms with Crippen LogP contribution in [-0.4, -0.2) is 44.3 Å². The average Bonchev–Trinajstić information content (AvgIpc) is 3.06. The van der Waals surface area contributed by atoms with Crippen molar-refractivity contribution in [3.05, 3.63) is 18.0 Å². The number of aryl methyl sites for hydroxylation is 1. The molecule has 0 spiro atoms. The normalized spacial score (nSPS) is 17.5. The van der Waals surface area contributed by atoms with Crippen LogP contribution in [0, 0.1) is 0 Å². The van der Waals surface area contributed by atoms with E-state index in [1.165, 1.54) is 0 Å². The van der Waals surface area contributed by atoms with Gasteiger partial charge in [-0.05, 0) is 39.5 Å². The Hall–Kier alpha value is -2.64. The van der Waals surface area contributed by atoms with E-state index in [9.17, 15) is 4.79 Å². The van der Waals surface area contributed by atoms with Crippen molar-refractivity contribution in [1.29, 1.82) is 0 Å². The second-order valence-electron chi connectivity index (χ2n) is 6.05. The smallest absolute Gasteiger partial charge is 0.341 e. The molecule has 1 aliphatic carbocycles. The van der Waals surface area contributed by atoms with Crippen LogP contribution < -0.4 is 5.32 Å². The highest BCUT2D eigenvalue weighted by Crippen LogP contribution is 2.30. The van der Waals surface area contributed by atoms with E-state index in [2.05, 4.69) is 20.6 Å². The number of fused-ring (bicyclic) bond motifs is 1. The molecule has 25 heavy (non-hydrogen) atoms. The summed E-state index contributed by atoms with van der Waals surface area (Å²) < 4.78 is 6.97. The number of carbonyl (C=O) groups is 1. The first kappa shape index (κ1) is 17.2. The maximum atomic E-state index is 12.3. The van der Waals surface area contributed by atoms with Gasteiger partial charge in [0.15, 0.2) is 5.65 Å². The van der Waals surface area contributed by atoms with Crippen LogP contribution in [0.15, 0.2) is 17.5 Å². The first-order valence-corrected chi connectivity index (χ1v) is 8.65. The van der Waals surface area contributed by atoms with Crippen LogP contribution in [0.3, 0.4) is 0 Å². The molecule has 0 radical (unpaired) electrons. The Balaban J connectivity index is 1.96. The van der Waals surface area contributed by atoms with E-state index in [4.69, 9.17) is 9.94 Å². The minimum absolute atomic E-state index is 0.189. The van der Waals surface area contributed by atoms with Crippen LogP contribution in [0.25, 0.3) is 11.0 Å². The van der Waals surface area contributed by atoms with Crippen LogP contribution in [0.4, 0.5) is 5.69 Å². The molecule has 0 bridgehead atoms. The van der Waals surface area contributed by atoms with E-state index in [0.29, 0.717) is 18.7 Å². The fourth-order valence-electron chi connectivity index (χ4n) is 3.18. The standard InChI is InChI=1S/C17H23N5O3/c1-3-22-16-13(10-19-22)15(14(9-18-16)17(23)25-4-2)20-11-5-7-12(21-24)8-6-11/h9-11,24H,3-8H2,1-2H3,(H,18,20). The minimum atomic E-state index is -0.392. The van der Waals surface area contributed by atoms with Gasteiger partial charge in [0.05, 0.1) is 29.6 Å². The number of esters is 1. The van der Waals surface area contributed by atoms with Crippen LogP contribution >= 0.6 is 0 Å². The van der Waals surface area contributed by atoms with Crippen molar-refractivity contribution < 1.29 is 14.7 Å². The first-order valence-electron chi connectivity index (χ1n) is 8.65. The topological polar surface area (TPSA) is 102 Å². The molecule has 1 saturated carbocycles. The summed E-state index contributed by atoms with van der Waals surface area (Å²) in [5, 5.41) is 20.9. The summed E-state index contributed by atoms with van der Waals surface area (Å²) in [5.41, 5.74) is 2.71. The van der Waals surface area contributed by atoms with Crippen LogP contribution in [-0.2, 0) is 11.3 Å². The summed E-state index contributed by atoms with van der Waals surface area (Å²) in [7, 11) is 0. The monoisotopic (exact) mass is 345 g/mol. The van der Waals surface area contributed by atoms with E-state index in [0.717, 1.165) is 48.1 Å². The van der Waals surface area contributed by atoms with Gasteiger partial charge in [-0.3, -0.25) is 0 Å². The molecule has 0 aliphatic heterocycles. The molecule has 0 saturated heterocycles. The lowest BCUT2D eigenvalue weighted by Gasteiger charge is -2.25. The lowest BCUT2D eigenvalue weighted by molar-refractivity contribution is 0.0527.